The number of amides is 1. The number of pyridine rings is 1. The zero-order chi connectivity index (χ0) is 16.2. The van der Waals surface area contributed by atoms with Crippen LogP contribution in [0.1, 0.15) is 18.5 Å². The number of allylic oxidation sites excluding steroid dienone is 1. The number of rotatable bonds is 3. The second-order valence-electron chi connectivity index (χ2n) is 5.18. The standard InChI is InChI=1S/C17H16N4OS/c1-11-14(16(22)20-13-7-3-2-4-8-13)15(21-17(23)19-11)12-6-5-9-18-10-12/h2-10,15H,1H3,(H,20,22)(H2,19,21,23). The van der Waals surface area contributed by atoms with Gasteiger partial charge >= 0.3 is 0 Å². The molecule has 2 heterocycles. The van der Waals surface area contributed by atoms with Crippen molar-refractivity contribution in [3.63, 3.8) is 0 Å². The Morgan fingerprint density at radius 2 is 2.00 bits per heavy atom. The molecule has 3 N–H and O–H groups in total. The lowest BCUT2D eigenvalue weighted by Crippen LogP contribution is -2.45. The van der Waals surface area contributed by atoms with Gasteiger partial charge in [0.15, 0.2) is 5.11 Å². The normalized spacial score (nSPS) is 17.3. The molecule has 1 amide bonds. The van der Waals surface area contributed by atoms with Crippen LogP contribution in [0.4, 0.5) is 5.69 Å². The van der Waals surface area contributed by atoms with E-state index in [2.05, 4.69) is 20.9 Å². The molecule has 1 aliphatic heterocycles. The summed E-state index contributed by atoms with van der Waals surface area (Å²) in [7, 11) is 0. The summed E-state index contributed by atoms with van der Waals surface area (Å²) in [6, 6.07) is 12.8. The molecule has 6 heteroatoms. The number of benzene rings is 1. The van der Waals surface area contributed by atoms with E-state index in [0.29, 0.717) is 10.7 Å². The van der Waals surface area contributed by atoms with E-state index >= 15 is 0 Å². The summed E-state index contributed by atoms with van der Waals surface area (Å²) in [6.45, 7) is 1.84. The van der Waals surface area contributed by atoms with Crippen LogP contribution in [0.5, 0.6) is 0 Å². The van der Waals surface area contributed by atoms with Crippen molar-refractivity contribution in [2.75, 3.05) is 5.32 Å². The van der Waals surface area contributed by atoms with Gasteiger partial charge in [-0.3, -0.25) is 9.78 Å². The Kier molecular flexibility index (Phi) is 4.34. The number of para-hydroxylation sites is 1. The first-order valence-corrected chi connectivity index (χ1v) is 7.60. The number of aromatic nitrogens is 1. The molecule has 116 valence electrons. The number of thiocarbonyl (C=S) groups is 1. The van der Waals surface area contributed by atoms with Gasteiger partial charge in [0.25, 0.3) is 5.91 Å². The maximum Gasteiger partial charge on any atom is 0.255 e. The van der Waals surface area contributed by atoms with Crippen molar-refractivity contribution >= 4 is 28.9 Å². The molecule has 1 aromatic heterocycles. The molecule has 3 rings (SSSR count). The van der Waals surface area contributed by atoms with Crippen molar-refractivity contribution in [2.45, 2.75) is 13.0 Å². The fraction of sp³-hybridized carbons (Fsp3) is 0.118. The molecule has 5 nitrogen and oxygen atoms in total. The SMILES string of the molecule is CC1=C(C(=O)Nc2ccccc2)C(c2cccnc2)NC(=S)N1. The van der Waals surface area contributed by atoms with E-state index in [1.165, 1.54) is 0 Å². The zero-order valence-electron chi connectivity index (χ0n) is 12.5. The maximum atomic E-state index is 12.8. The first-order chi connectivity index (χ1) is 11.1. The van der Waals surface area contributed by atoms with Crippen molar-refractivity contribution in [3.8, 4) is 0 Å². The van der Waals surface area contributed by atoms with E-state index in [4.69, 9.17) is 12.2 Å². The van der Waals surface area contributed by atoms with E-state index in [-0.39, 0.29) is 11.9 Å². The molecule has 0 saturated carbocycles. The molecule has 0 spiro atoms. The minimum Gasteiger partial charge on any atom is -0.351 e. The summed E-state index contributed by atoms with van der Waals surface area (Å²) in [5, 5.41) is 9.57. The third-order valence-electron chi connectivity index (χ3n) is 3.56. The van der Waals surface area contributed by atoms with Gasteiger partial charge in [-0.15, -0.1) is 0 Å². The van der Waals surface area contributed by atoms with Crippen molar-refractivity contribution in [1.82, 2.24) is 15.6 Å². The minimum absolute atomic E-state index is 0.176. The first kappa shape index (κ1) is 15.2. The average molecular weight is 324 g/mol. The van der Waals surface area contributed by atoms with E-state index in [9.17, 15) is 4.79 Å². The minimum atomic E-state index is -0.332. The number of hydrogen-bond acceptors (Lipinski definition) is 3. The van der Waals surface area contributed by atoms with Gasteiger partial charge < -0.3 is 16.0 Å². The van der Waals surface area contributed by atoms with Crippen LogP contribution in [0.25, 0.3) is 0 Å². The molecular formula is C17H16N4OS. The van der Waals surface area contributed by atoms with Crippen molar-refractivity contribution in [3.05, 3.63) is 71.7 Å². The molecule has 0 bridgehead atoms. The molecule has 2 aromatic rings. The molecule has 1 atom stereocenters. The molecule has 0 saturated heterocycles. The van der Waals surface area contributed by atoms with Crippen LogP contribution in [0.2, 0.25) is 0 Å². The van der Waals surface area contributed by atoms with Gasteiger partial charge in [-0.2, -0.15) is 0 Å². The number of hydrogen-bond donors (Lipinski definition) is 3. The number of anilines is 1. The second kappa shape index (κ2) is 6.58. The first-order valence-electron chi connectivity index (χ1n) is 7.20. The van der Waals surface area contributed by atoms with Crippen molar-refractivity contribution in [1.29, 1.82) is 0 Å². The monoisotopic (exact) mass is 324 g/mol. The Labute approximate surface area is 139 Å². The van der Waals surface area contributed by atoms with E-state index in [0.717, 1.165) is 16.9 Å². The van der Waals surface area contributed by atoms with Gasteiger partial charge in [0.2, 0.25) is 0 Å². The highest BCUT2D eigenvalue weighted by molar-refractivity contribution is 7.80. The number of nitrogens with one attached hydrogen (secondary N) is 3. The third kappa shape index (κ3) is 3.37. The van der Waals surface area contributed by atoms with Crippen LogP contribution < -0.4 is 16.0 Å². The summed E-state index contributed by atoms with van der Waals surface area (Å²) in [5.41, 5.74) is 2.95. The maximum absolute atomic E-state index is 12.8. The molecule has 0 radical (unpaired) electrons. The molecular weight excluding hydrogens is 308 g/mol. The predicted molar refractivity (Wildman–Crippen MR) is 93.6 cm³/mol. The van der Waals surface area contributed by atoms with E-state index < -0.39 is 0 Å². The Morgan fingerprint density at radius 1 is 1.22 bits per heavy atom. The third-order valence-corrected chi connectivity index (χ3v) is 3.78. The van der Waals surface area contributed by atoms with E-state index in [1.807, 2.05) is 49.4 Å². The molecule has 1 unspecified atom stereocenters. The molecule has 0 fully saturated rings. The summed E-state index contributed by atoms with van der Waals surface area (Å²) in [5.74, 6) is -0.176. The van der Waals surface area contributed by atoms with E-state index in [1.54, 1.807) is 12.4 Å². The highest BCUT2D eigenvalue weighted by Gasteiger charge is 2.29. The fourth-order valence-corrected chi connectivity index (χ4v) is 2.78. The Hall–Kier alpha value is -2.73. The lowest BCUT2D eigenvalue weighted by atomic mass is 9.96. The van der Waals surface area contributed by atoms with Crippen LogP contribution in [0, 0.1) is 0 Å². The topological polar surface area (TPSA) is 66.0 Å². The van der Waals surface area contributed by atoms with Crippen LogP contribution in [0.3, 0.4) is 0 Å². The molecule has 1 aromatic carbocycles. The van der Waals surface area contributed by atoms with Crippen LogP contribution in [-0.2, 0) is 4.79 Å². The van der Waals surface area contributed by atoms with Gasteiger partial charge in [0, 0.05) is 23.8 Å². The Bertz CT molecular complexity index is 759. The summed E-state index contributed by atoms with van der Waals surface area (Å²) < 4.78 is 0. The Morgan fingerprint density at radius 3 is 2.70 bits per heavy atom. The zero-order valence-corrected chi connectivity index (χ0v) is 13.4. The van der Waals surface area contributed by atoms with Crippen molar-refractivity contribution in [2.24, 2.45) is 0 Å². The van der Waals surface area contributed by atoms with Gasteiger partial charge in [-0.1, -0.05) is 24.3 Å². The van der Waals surface area contributed by atoms with Crippen LogP contribution in [-0.4, -0.2) is 16.0 Å². The van der Waals surface area contributed by atoms with Gasteiger partial charge in [0.05, 0.1) is 11.6 Å². The largest absolute Gasteiger partial charge is 0.351 e. The van der Waals surface area contributed by atoms with Crippen LogP contribution in [0.15, 0.2) is 66.1 Å². The number of carbonyl (C=O) groups excluding carboxylic acids is 1. The summed E-state index contributed by atoms with van der Waals surface area (Å²) in [6.07, 6.45) is 3.43. The fourth-order valence-electron chi connectivity index (χ4n) is 2.51. The van der Waals surface area contributed by atoms with Crippen LogP contribution >= 0.6 is 12.2 Å². The highest BCUT2D eigenvalue weighted by Crippen LogP contribution is 2.27. The number of carbonyl (C=O) groups is 1. The average Bonchev–Trinajstić information content (AvgIpc) is 2.55. The number of nitrogens with zero attached hydrogens (tertiary/aromatic N) is 1. The van der Waals surface area contributed by atoms with Crippen molar-refractivity contribution < 1.29 is 4.79 Å². The molecule has 0 aliphatic carbocycles. The summed E-state index contributed by atoms with van der Waals surface area (Å²) in [4.78, 5) is 16.9. The Balaban J connectivity index is 1.94. The lowest BCUT2D eigenvalue weighted by molar-refractivity contribution is -0.113. The second-order valence-corrected chi connectivity index (χ2v) is 5.58. The summed E-state index contributed by atoms with van der Waals surface area (Å²) >= 11 is 5.22. The van der Waals surface area contributed by atoms with Gasteiger partial charge in [0.1, 0.15) is 0 Å². The predicted octanol–water partition coefficient (Wildman–Crippen LogP) is 2.51. The molecule has 23 heavy (non-hydrogen) atoms. The highest BCUT2D eigenvalue weighted by atomic mass is 32.1. The van der Waals surface area contributed by atoms with Gasteiger partial charge in [-0.25, -0.2) is 0 Å². The quantitative estimate of drug-likeness (QED) is 0.757. The smallest absolute Gasteiger partial charge is 0.255 e. The molecule has 1 aliphatic rings. The lowest BCUT2D eigenvalue weighted by Gasteiger charge is -2.30. The van der Waals surface area contributed by atoms with Gasteiger partial charge in [-0.05, 0) is 42.9 Å².